The number of pyridine rings is 1. The molecule has 1 N–H and O–H groups in total. The molecule has 0 spiro atoms. The smallest absolute Gasteiger partial charge is 0.139 e. The molecule has 4 rings (SSSR count). The Morgan fingerprint density at radius 1 is 1.33 bits per heavy atom. The molecule has 1 saturated carbocycles. The highest BCUT2D eigenvalue weighted by atomic mass is 16.5. The van der Waals surface area contributed by atoms with Crippen LogP contribution in [0.15, 0.2) is 18.5 Å². The molecule has 3 fully saturated rings. The van der Waals surface area contributed by atoms with E-state index in [0.29, 0.717) is 6.04 Å². The van der Waals surface area contributed by atoms with Crippen molar-refractivity contribution in [2.75, 3.05) is 31.1 Å². The van der Waals surface area contributed by atoms with Gasteiger partial charge in [0.05, 0.1) is 18.1 Å². The lowest BCUT2D eigenvalue weighted by Gasteiger charge is -2.27. The van der Waals surface area contributed by atoms with Gasteiger partial charge >= 0.3 is 0 Å². The van der Waals surface area contributed by atoms with Gasteiger partial charge in [-0.1, -0.05) is 0 Å². The minimum absolute atomic E-state index is 0.535. The van der Waals surface area contributed by atoms with Crippen LogP contribution in [0.5, 0.6) is 5.75 Å². The molecule has 1 aromatic rings. The highest BCUT2D eigenvalue weighted by Crippen LogP contribution is 2.46. The fraction of sp³-hybridized carbons (Fsp3) is 0.643. The van der Waals surface area contributed by atoms with Crippen LogP contribution in [0.4, 0.5) is 5.69 Å². The average Bonchev–Trinajstić information content (AvgIpc) is 2.95. The number of ether oxygens (including phenoxy) is 1. The molecular weight excluding hydrogens is 226 g/mol. The van der Waals surface area contributed by atoms with Crippen molar-refractivity contribution in [1.82, 2.24) is 10.3 Å². The van der Waals surface area contributed by atoms with Crippen LogP contribution in [0.3, 0.4) is 0 Å². The summed E-state index contributed by atoms with van der Waals surface area (Å²) in [7, 11) is 0. The molecule has 0 aromatic carbocycles. The van der Waals surface area contributed by atoms with Crippen LogP contribution in [0.2, 0.25) is 0 Å². The SMILES string of the molecule is c1ncc(N2CC3CC3C2)cc1OC[C@@H]1CCN1. The zero-order valence-corrected chi connectivity index (χ0v) is 10.5. The first-order chi connectivity index (χ1) is 8.88. The second-order valence-corrected chi connectivity index (χ2v) is 5.79. The van der Waals surface area contributed by atoms with Gasteiger partial charge in [-0.25, -0.2) is 0 Å². The molecule has 1 aromatic heterocycles. The van der Waals surface area contributed by atoms with Crippen molar-refractivity contribution >= 4 is 5.69 Å². The van der Waals surface area contributed by atoms with E-state index in [-0.39, 0.29) is 0 Å². The van der Waals surface area contributed by atoms with E-state index >= 15 is 0 Å². The van der Waals surface area contributed by atoms with Gasteiger partial charge in [-0.2, -0.15) is 0 Å². The van der Waals surface area contributed by atoms with E-state index in [4.69, 9.17) is 4.74 Å². The molecule has 3 heterocycles. The van der Waals surface area contributed by atoms with E-state index in [1.165, 1.54) is 31.6 Å². The van der Waals surface area contributed by atoms with Gasteiger partial charge in [-0.3, -0.25) is 4.98 Å². The summed E-state index contributed by atoms with van der Waals surface area (Å²) in [6.07, 6.45) is 6.44. The molecular formula is C14H19N3O. The van der Waals surface area contributed by atoms with E-state index < -0.39 is 0 Å². The maximum Gasteiger partial charge on any atom is 0.139 e. The van der Waals surface area contributed by atoms with Gasteiger partial charge in [0.15, 0.2) is 0 Å². The van der Waals surface area contributed by atoms with Crippen LogP contribution < -0.4 is 15.0 Å². The summed E-state index contributed by atoms with van der Waals surface area (Å²) in [5.41, 5.74) is 1.22. The molecule has 96 valence electrons. The van der Waals surface area contributed by atoms with E-state index in [1.807, 2.05) is 12.4 Å². The Hall–Kier alpha value is -1.29. The Morgan fingerprint density at radius 3 is 2.89 bits per heavy atom. The number of nitrogens with one attached hydrogen (secondary N) is 1. The number of fused-ring (bicyclic) bond motifs is 1. The lowest BCUT2D eigenvalue weighted by molar-refractivity contribution is 0.217. The lowest BCUT2D eigenvalue weighted by Crippen LogP contribution is -2.46. The highest BCUT2D eigenvalue weighted by Gasteiger charge is 2.45. The van der Waals surface area contributed by atoms with Crippen molar-refractivity contribution in [3.05, 3.63) is 18.5 Å². The monoisotopic (exact) mass is 245 g/mol. The number of nitrogens with zero attached hydrogens (tertiary/aromatic N) is 2. The number of aromatic nitrogens is 1. The quantitative estimate of drug-likeness (QED) is 0.867. The lowest BCUT2D eigenvalue weighted by atomic mass is 10.1. The largest absolute Gasteiger partial charge is 0.490 e. The van der Waals surface area contributed by atoms with Crippen molar-refractivity contribution in [2.45, 2.75) is 18.9 Å². The number of anilines is 1. The topological polar surface area (TPSA) is 37.4 Å². The fourth-order valence-electron chi connectivity index (χ4n) is 2.96. The van der Waals surface area contributed by atoms with Crippen molar-refractivity contribution in [3.8, 4) is 5.75 Å². The molecule has 2 unspecified atom stereocenters. The standard InChI is InChI=1S/C14H19N3O/c1-2-16-12(1)9-18-14-4-13(5-15-6-14)17-7-10-3-11(10)8-17/h4-6,10-12,16H,1-3,7-9H2/t10?,11?,12-/m0/s1. The molecule has 4 heteroatoms. The van der Waals surface area contributed by atoms with Crippen molar-refractivity contribution < 1.29 is 4.74 Å². The first-order valence-corrected chi connectivity index (χ1v) is 6.95. The van der Waals surface area contributed by atoms with Crippen LogP contribution in [0, 0.1) is 11.8 Å². The van der Waals surface area contributed by atoms with Crippen LogP contribution in [0.25, 0.3) is 0 Å². The Morgan fingerprint density at radius 2 is 2.17 bits per heavy atom. The number of hydrogen-bond acceptors (Lipinski definition) is 4. The molecule has 4 nitrogen and oxygen atoms in total. The number of piperidine rings is 1. The predicted octanol–water partition coefficient (Wildman–Crippen LogP) is 1.28. The first-order valence-electron chi connectivity index (χ1n) is 6.95. The summed E-state index contributed by atoms with van der Waals surface area (Å²) in [5, 5.41) is 3.34. The second kappa shape index (κ2) is 4.12. The minimum atomic E-state index is 0.535. The normalized spacial score (nSPS) is 32.9. The van der Waals surface area contributed by atoms with E-state index in [2.05, 4.69) is 21.3 Å². The zero-order chi connectivity index (χ0) is 11.9. The molecule has 2 aliphatic heterocycles. The van der Waals surface area contributed by atoms with Gasteiger partial charge in [0.1, 0.15) is 12.4 Å². The number of rotatable bonds is 4. The summed E-state index contributed by atoms with van der Waals surface area (Å²) in [5.74, 6) is 2.81. The molecule has 0 bridgehead atoms. The van der Waals surface area contributed by atoms with Crippen molar-refractivity contribution in [3.63, 3.8) is 0 Å². The third-order valence-corrected chi connectivity index (χ3v) is 4.42. The fourth-order valence-corrected chi connectivity index (χ4v) is 2.96. The maximum atomic E-state index is 5.80. The summed E-state index contributed by atoms with van der Waals surface area (Å²) in [4.78, 5) is 6.75. The molecule has 0 radical (unpaired) electrons. The molecule has 1 aliphatic carbocycles. The third-order valence-electron chi connectivity index (χ3n) is 4.42. The van der Waals surface area contributed by atoms with Gasteiger partial charge < -0.3 is 15.0 Å². The molecule has 2 saturated heterocycles. The minimum Gasteiger partial charge on any atom is -0.490 e. The Labute approximate surface area is 107 Å². The summed E-state index contributed by atoms with van der Waals surface area (Å²) in [6.45, 7) is 4.30. The second-order valence-electron chi connectivity index (χ2n) is 5.79. The molecule has 3 aliphatic rings. The first kappa shape index (κ1) is 10.6. The van der Waals surface area contributed by atoms with Gasteiger partial charge in [0.25, 0.3) is 0 Å². The highest BCUT2D eigenvalue weighted by molar-refractivity contribution is 5.50. The average molecular weight is 245 g/mol. The number of hydrogen-bond donors (Lipinski definition) is 1. The summed E-state index contributed by atoms with van der Waals surface area (Å²) in [6, 6.07) is 2.67. The summed E-state index contributed by atoms with van der Waals surface area (Å²) >= 11 is 0. The molecule has 18 heavy (non-hydrogen) atoms. The van der Waals surface area contributed by atoms with Crippen molar-refractivity contribution in [2.24, 2.45) is 11.8 Å². The molecule has 3 atom stereocenters. The van der Waals surface area contributed by atoms with Crippen LogP contribution in [-0.2, 0) is 0 Å². The summed E-state index contributed by atoms with van der Waals surface area (Å²) < 4.78 is 5.80. The van der Waals surface area contributed by atoms with Gasteiger partial charge in [0.2, 0.25) is 0 Å². The zero-order valence-electron chi connectivity index (χ0n) is 10.5. The van der Waals surface area contributed by atoms with Crippen molar-refractivity contribution in [1.29, 1.82) is 0 Å². The Kier molecular flexibility index (Phi) is 2.43. The van der Waals surface area contributed by atoms with Gasteiger partial charge in [0, 0.05) is 25.2 Å². The van der Waals surface area contributed by atoms with Gasteiger partial charge in [-0.05, 0) is 31.2 Å². The third kappa shape index (κ3) is 1.94. The van der Waals surface area contributed by atoms with Crippen LogP contribution in [-0.4, -0.2) is 37.3 Å². The predicted molar refractivity (Wildman–Crippen MR) is 69.9 cm³/mol. The Balaban J connectivity index is 1.40. The molecule has 0 amide bonds. The van der Waals surface area contributed by atoms with E-state index in [1.54, 1.807) is 0 Å². The van der Waals surface area contributed by atoms with Gasteiger partial charge in [-0.15, -0.1) is 0 Å². The van der Waals surface area contributed by atoms with Crippen LogP contribution >= 0.6 is 0 Å². The van der Waals surface area contributed by atoms with E-state index in [9.17, 15) is 0 Å². The van der Waals surface area contributed by atoms with E-state index in [0.717, 1.165) is 30.7 Å². The maximum absolute atomic E-state index is 5.80. The Bertz CT molecular complexity index is 436. The van der Waals surface area contributed by atoms with Crippen LogP contribution in [0.1, 0.15) is 12.8 Å².